The number of carbonyl (C=O) groups excluding carboxylic acids is 1. The normalized spacial score (nSPS) is 11.7. The molecule has 0 amide bonds. The van der Waals surface area contributed by atoms with Crippen LogP contribution in [0.15, 0.2) is 12.3 Å². The van der Waals surface area contributed by atoms with Gasteiger partial charge in [0.25, 0.3) is 0 Å². The minimum absolute atomic E-state index is 0.236. The van der Waals surface area contributed by atoms with E-state index in [1.807, 2.05) is 13.8 Å². The van der Waals surface area contributed by atoms with Crippen LogP contribution in [0.3, 0.4) is 0 Å². The topological polar surface area (TPSA) is 47.6 Å². The van der Waals surface area contributed by atoms with Gasteiger partial charge in [-0.25, -0.2) is 4.79 Å². The van der Waals surface area contributed by atoms with Crippen molar-refractivity contribution in [2.24, 2.45) is 0 Å². The Bertz CT molecular complexity index is 187. The van der Waals surface area contributed by atoms with Crippen LogP contribution in [0.2, 0.25) is 0 Å². The van der Waals surface area contributed by atoms with E-state index in [0.717, 1.165) is 0 Å². The van der Waals surface area contributed by atoms with E-state index in [2.05, 4.69) is 10.1 Å². The maximum absolute atomic E-state index is 10.6. The highest BCUT2D eigenvalue weighted by Crippen LogP contribution is 2.04. The number of hydrogen-bond acceptors (Lipinski definition) is 4. The van der Waals surface area contributed by atoms with Crippen LogP contribution >= 0.6 is 0 Å². The van der Waals surface area contributed by atoms with Gasteiger partial charge in [0.2, 0.25) is 0 Å². The van der Waals surface area contributed by atoms with E-state index in [4.69, 9.17) is 4.74 Å². The highest BCUT2D eigenvalue weighted by Gasteiger charge is 2.14. The summed E-state index contributed by atoms with van der Waals surface area (Å²) in [5.74, 6) is -0.372. The third-order valence-corrected chi connectivity index (χ3v) is 1.62. The van der Waals surface area contributed by atoms with Crippen molar-refractivity contribution in [2.75, 3.05) is 20.8 Å². The first-order chi connectivity index (χ1) is 6.02. The number of methoxy groups -OCH3 is 2. The maximum atomic E-state index is 10.6. The molecule has 4 heteroatoms. The minimum Gasteiger partial charge on any atom is -0.466 e. The summed E-state index contributed by atoms with van der Waals surface area (Å²) < 4.78 is 9.57. The Morgan fingerprint density at radius 3 is 2.54 bits per heavy atom. The van der Waals surface area contributed by atoms with Crippen LogP contribution in [0.4, 0.5) is 0 Å². The zero-order valence-electron chi connectivity index (χ0n) is 8.59. The van der Waals surface area contributed by atoms with Gasteiger partial charge in [-0.3, -0.25) is 0 Å². The van der Waals surface area contributed by atoms with Gasteiger partial charge < -0.3 is 14.8 Å². The summed E-state index contributed by atoms with van der Waals surface area (Å²) in [6.07, 6.45) is 2.87. The fraction of sp³-hybridized carbons (Fsp3) is 0.667. The van der Waals surface area contributed by atoms with Gasteiger partial charge in [-0.15, -0.1) is 0 Å². The molecule has 0 aromatic carbocycles. The quantitative estimate of drug-likeness (QED) is 0.508. The number of ether oxygens (including phenoxy) is 2. The summed E-state index contributed by atoms with van der Waals surface area (Å²) in [7, 11) is 2.98. The summed E-state index contributed by atoms with van der Waals surface area (Å²) in [4.78, 5) is 10.6. The Balaban J connectivity index is 3.67. The van der Waals surface area contributed by atoms with E-state index >= 15 is 0 Å². The Morgan fingerprint density at radius 2 is 2.08 bits per heavy atom. The molecule has 0 atom stereocenters. The van der Waals surface area contributed by atoms with Crippen LogP contribution in [0, 0.1) is 0 Å². The Kier molecular flexibility index (Phi) is 5.14. The van der Waals surface area contributed by atoms with E-state index in [9.17, 15) is 4.79 Å². The number of carbonyl (C=O) groups is 1. The SMILES string of the molecule is COC(=O)/C=C/NCC(C)(C)OC. The van der Waals surface area contributed by atoms with Crippen LogP contribution in [-0.2, 0) is 14.3 Å². The molecule has 0 heterocycles. The van der Waals surface area contributed by atoms with Crippen molar-refractivity contribution >= 4 is 5.97 Å². The lowest BCUT2D eigenvalue weighted by Gasteiger charge is -2.22. The predicted molar refractivity (Wildman–Crippen MR) is 50.2 cm³/mol. The van der Waals surface area contributed by atoms with Crippen molar-refractivity contribution in [3.63, 3.8) is 0 Å². The van der Waals surface area contributed by atoms with E-state index in [1.54, 1.807) is 13.3 Å². The molecular formula is C9H17NO3. The van der Waals surface area contributed by atoms with Crippen LogP contribution < -0.4 is 5.32 Å². The van der Waals surface area contributed by atoms with Gasteiger partial charge >= 0.3 is 5.97 Å². The van der Waals surface area contributed by atoms with Crippen molar-refractivity contribution in [1.29, 1.82) is 0 Å². The molecule has 0 aromatic heterocycles. The average Bonchev–Trinajstić information content (AvgIpc) is 2.12. The van der Waals surface area contributed by atoms with Gasteiger partial charge in [0.15, 0.2) is 0 Å². The van der Waals surface area contributed by atoms with Crippen molar-refractivity contribution in [2.45, 2.75) is 19.4 Å². The molecule has 0 aliphatic carbocycles. The number of esters is 1. The third kappa shape index (κ3) is 6.16. The third-order valence-electron chi connectivity index (χ3n) is 1.62. The first-order valence-corrected chi connectivity index (χ1v) is 4.05. The second-order valence-corrected chi connectivity index (χ2v) is 3.20. The molecule has 0 spiro atoms. The minimum atomic E-state index is -0.372. The predicted octanol–water partition coefficient (Wildman–Crippen LogP) is 0.688. The molecule has 76 valence electrons. The lowest BCUT2D eigenvalue weighted by molar-refractivity contribution is -0.134. The average molecular weight is 187 g/mol. The molecule has 0 aromatic rings. The number of rotatable bonds is 5. The van der Waals surface area contributed by atoms with Crippen molar-refractivity contribution in [1.82, 2.24) is 5.32 Å². The summed E-state index contributed by atoms with van der Waals surface area (Å²) in [5.41, 5.74) is -0.236. The van der Waals surface area contributed by atoms with E-state index in [-0.39, 0.29) is 11.6 Å². The van der Waals surface area contributed by atoms with E-state index < -0.39 is 0 Å². The smallest absolute Gasteiger partial charge is 0.331 e. The molecule has 0 fully saturated rings. The molecule has 0 saturated carbocycles. The van der Waals surface area contributed by atoms with Crippen molar-refractivity contribution in [3.8, 4) is 0 Å². The summed E-state index contributed by atoms with van der Waals surface area (Å²) in [6, 6.07) is 0. The van der Waals surface area contributed by atoms with Gasteiger partial charge in [0.05, 0.1) is 12.7 Å². The lowest BCUT2D eigenvalue weighted by atomic mass is 10.1. The second kappa shape index (κ2) is 5.59. The molecule has 0 rings (SSSR count). The van der Waals surface area contributed by atoms with Gasteiger partial charge in [-0.05, 0) is 13.8 Å². The zero-order chi connectivity index (χ0) is 10.3. The van der Waals surface area contributed by atoms with Crippen LogP contribution in [0.25, 0.3) is 0 Å². The molecular weight excluding hydrogens is 170 g/mol. The summed E-state index contributed by atoms with van der Waals surface area (Å²) in [6.45, 7) is 4.54. The van der Waals surface area contributed by atoms with E-state index in [1.165, 1.54) is 13.2 Å². The second-order valence-electron chi connectivity index (χ2n) is 3.20. The van der Waals surface area contributed by atoms with Crippen LogP contribution in [0.1, 0.15) is 13.8 Å². The fourth-order valence-corrected chi connectivity index (χ4v) is 0.572. The first kappa shape index (κ1) is 12.0. The highest BCUT2D eigenvalue weighted by atomic mass is 16.5. The molecule has 0 aliphatic rings. The Labute approximate surface area is 78.9 Å². The molecule has 0 unspecified atom stereocenters. The monoisotopic (exact) mass is 187 g/mol. The molecule has 0 saturated heterocycles. The lowest BCUT2D eigenvalue weighted by Crippen LogP contribution is -2.34. The molecule has 0 bridgehead atoms. The number of nitrogens with one attached hydrogen (secondary N) is 1. The molecule has 0 aliphatic heterocycles. The van der Waals surface area contributed by atoms with Crippen LogP contribution in [0.5, 0.6) is 0 Å². The van der Waals surface area contributed by atoms with Crippen molar-refractivity contribution in [3.05, 3.63) is 12.3 Å². The van der Waals surface area contributed by atoms with Crippen molar-refractivity contribution < 1.29 is 14.3 Å². The molecule has 13 heavy (non-hydrogen) atoms. The highest BCUT2D eigenvalue weighted by molar-refractivity contribution is 5.81. The molecule has 4 nitrogen and oxygen atoms in total. The molecule has 1 N–H and O–H groups in total. The Hall–Kier alpha value is -1.03. The molecule has 0 radical (unpaired) electrons. The Morgan fingerprint density at radius 1 is 1.46 bits per heavy atom. The fourth-order valence-electron chi connectivity index (χ4n) is 0.572. The summed E-state index contributed by atoms with van der Waals surface area (Å²) in [5, 5.41) is 2.94. The van der Waals surface area contributed by atoms with Gasteiger partial charge in [-0.2, -0.15) is 0 Å². The van der Waals surface area contributed by atoms with Gasteiger partial charge in [0.1, 0.15) is 0 Å². The largest absolute Gasteiger partial charge is 0.466 e. The number of hydrogen-bond donors (Lipinski definition) is 1. The zero-order valence-corrected chi connectivity index (χ0v) is 8.59. The maximum Gasteiger partial charge on any atom is 0.331 e. The van der Waals surface area contributed by atoms with E-state index in [0.29, 0.717) is 6.54 Å². The summed E-state index contributed by atoms with van der Waals surface area (Å²) >= 11 is 0. The van der Waals surface area contributed by atoms with Crippen LogP contribution in [-0.4, -0.2) is 32.3 Å². The first-order valence-electron chi connectivity index (χ1n) is 4.05. The standard InChI is InChI=1S/C9H17NO3/c1-9(2,13-4)7-10-6-5-8(11)12-3/h5-6,10H,7H2,1-4H3/b6-5+. The van der Waals surface area contributed by atoms with Gasteiger partial charge in [-0.1, -0.05) is 0 Å². The van der Waals surface area contributed by atoms with Gasteiger partial charge in [0, 0.05) is 25.9 Å².